The van der Waals surface area contributed by atoms with Crippen molar-refractivity contribution in [3.05, 3.63) is 28.8 Å². The Bertz CT molecular complexity index is 471. The normalized spacial score (nSPS) is 16.2. The van der Waals surface area contributed by atoms with Gasteiger partial charge in [-0.2, -0.15) is 0 Å². The van der Waals surface area contributed by atoms with E-state index in [4.69, 9.17) is 22.1 Å². The molecule has 0 spiro atoms. The van der Waals surface area contributed by atoms with Crippen LogP contribution in [0, 0.1) is 12.8 Å². The smallest absolute Gasteiger partial charge is 0.260 e. The Morgan fingerprint density at radius 1 is 1.45 bits per heavy atom. The van der Waals surface area contributed by atoms with Gasteiger partial charge in [-0.1, -0.05) is 11.6 Å². The summed E-state index contributed by atoms with van der Waals surface area (Å²) in [6.45, 7) is 4.26. The first kappa shape index (κ1) is 15.1. The van der Waals surface area contributed by atoms with Gasteiger partial charge in [0.25, 0.3) is 5.91 Å². The molecule has 2 rings (SSSR count). The Labute approximate surface area is 124 Å². The molecule has 110 valence electrons. The fourth-order valence-electron chi connectivity index (χ4n) is 2.36. The van der Waals surface area contributed by atoms with E-state index in [0.717, 1.165) is 31.5 Å². The highest BCUT2D eigenvalue weighted by Gasteiger charge is 2.22. The van der Waals surface area contributed by atoms with Crippen LogP contribution in [-0.2, 0) is 4.79 Å². The summed E-state index contributed by atoms with van der Waals surface area (Å²) in [5, 5.41) is 0.701. The third-order valence-electron chi connectivity index (χ3n) is 3.79. The van der Waals surface area contributed by atoms with Gasteiger partial charge in [-0.25, -0.2) is 0 Å². The molecule has 0 saturated carbocycles. The summed E-state index contributed by atoms with van der Waals surface area (Å²) in [5.41, 5.74) is 6.59. The van der Waals surface area contributed by atoms with Crippen LogP contribution >= 0.6 is 11.6 Å². The molecule has 1 fully saturated rings. The summed E-state index contributed by atoms with van der Waals surface area (Å²) < 4.78 is 5.54. The van der Waals surface area contributed by atoms with Crippen LogP contribution in [0.25, 0.3) is 0 Å². The number of nitrogens with two attached hydrogens (primary N) is 1. The van der Waals surface area contributed by atoms with E-state index in [1.165, 1.54) is 0 Å². The minimum Gasteiger partial charge on any atom is -0.484 e. The van der Waals surface area contributed by atoms with E-state index in [1.54, 1.807) is 12.1 Å². The molecule has 1 aromatic carbocycles. The standard InChI is InChI=1S/C15H21ClN2O2/c1-11-8-13(2-3-14(11)16)20-10-15(19)18-6-4-12(9-17)5-7-18/h2-3,8,12H,4-7,9-10,17H2,1H3. The second kappa shape index (κ2) is 6.95. The van der Waals surface area contributed by atoms with E-state index in [0.29, 0.717) is 23.2 Å². The third kappa shape index (κ3) is 3.87. The minimum atomic E-state index is 0.0353. The number of rotatable bonds is 4. The number of likely N-dealkylation sites (tertiary alicyclic amines) is 1. The van der Waals surface area contributed by atoms with Crippen LogP contribution in [0.15, 0.2) is 18.2 Å². The molecule has 4 nitrogen and oxygen atoms in total. The van der Waals surface area contributed by atoms with Crippen LogP contribution in [0.5, 0.6) is 5.75 Å². The SMILES string of the molecule is Cc1cc(OCC(=O)N2CCC(CN)CC2)ccc1Cl. The van der Waals surface area contributed by atoms with E-state index in [1.807, 2.05) is 17.9 Å². The van der Waals surface area contributed by atoms with Gasteiger partial charge < -0.3 is 15.4 Å². The highest BCUT2D eigenvalue weighted by molar-refractivity contribution is 6.31. The molecule has 1 amide bonds. The Kier molecular flexibility index (Phi) is 5.26. The lowest BCUT2D eigenvalue weighted by Gasteiger charge is -2.31. The maximum absolute atomic E-state index is 12.1. The highest BCUT2D eigenvalue weighted by atomic mass is 35.5. The lowest BCUT2D eigenvalue weighted by Crippen LogP contribution is -2.42. The monoisotopic (exact) mass is 296 g/mol. The fraction of sp³-hybridized carbons (Fsp3) is 0.533. The molecule has 1 heterocycles. The maximum Gasteiger partial charge on any atom is 0.260 e. The Morgan fingerprint density at radius 3 is 2.75 bits per heavy atom. The molecule has 1 saturated heterocycles. The quantitative estimate of drug-likeness (QED) is 0.927. The van der Waals surface area contributed by atoms with Gasteiger partial charge in [0, 0.05) is 18.1 Å². The van der Waals surface area contributed by atoms with Gasteiger partial charge in [0.05, 0.1) is 0 Å². The summed E-state index contributed by atoms with van der Waals surface area (Å²) >= 11 is 5.95. The van der Waals surface area contributed by atoms with E-state index >= 15 is 0 Å². The van der Waals surface area contributed by atoms with Gasteiger partial charge in [-0.15, -0.1) is 0 Å². The first-order chi connectivity index (χ1) is 9.60. The topological polar surface area (TPSA) is 55.6 Å². The molecular weight excluding hydrogens is 276 g/mol. The number of ether oxygens (including phenoxy) is 1. The first-order valence-corrected chi connectivity index (χ1v) is 7.34. The number of carbonyl (C=O) groups excluding carboxylic acids is 1. The lowest BCUT2D eigenvalue weighted by molar-refractivity contribution is -0.134. The zero-order valence-corrected chi connectivity index (χ0v) is 12.5. The van der Waals surface area contributed by atoms with Gasteiger partial charge >= 0.3 is 0 Å². The minimum absolute atomic E-state index is 0.0353. The number of aryl methyl sites for hydroxylation is 1. The van der Waals surface area contributed by atoms with Crippen molar-refractivity contribution in [3.63, 3.8) is 0 Å². The fourth-order valence-corrected chi connectivity index (χ4v) is 2.48. The van der Waals surface area contributed by atoms with E-state index in [2.05, 4.69) is 0 Å². The van der Waals surface area contributed by atoms with Gasteiger partial charge in [-0.05, 0) is 56.0 Å². The largest absolute Gasteiger partial charge is 0.484 e. The van der Waals surface area contributed by atoms with Crippen LogP contribution < -0.4 is 10.5 Å². The molecule has 1 aliphatic heterocycles. The average molecular weight is 297 g/mol. The molecule has 20 heavy (non-hydrogen) atoms. The zero-order valence-electron chi connectivity index (χ0n) is 11.8. The number of halogens is 1. The molecule has 1 aromatic rings. The maximum atomic E-state index is 12.1. The van der Waals surface area contributed by atoms with Crippen molar-refractivity contribution in [1.29, 1.82) is 0 Å². The average Bonchev–Trinajstić information content (AvgIpc) is 2.48. The predicted octanol–water partition coefficient (Wildman–Crippen LogP) is 2.22. The number of amides is 1. The van der Waals surface area contributed by atoms with Crippen molar-refractivity contribution in [3.8, 4) is 5.75 Å². The van der Waals surface area contributed by atoms with Gasteiger partial charge in [-0.3, -0.25) is 4.79 Å². The number of piperidine rings is 1. The number of nitrogens with zero attached hydrogens (tertiary/aromatic N) is 1. The molecule has 0 atom stereocenters. The number of hydrogen-bond acceptors (Lipinski definition) is 3. The summed E-state index contributed by atoms with van der Waals surface area (Å²) in [6, 6.07) is 5.41. The summed E-state index contributed by atoms with van der Waals surface area (Å²) in [6.07, 6.45) is 1.98. The molecule has 1 aliphatic rings. The van der Waals surface area contributed by atoms with Crippen molar-refractivity contribution in [1.82, 2.24) is 4.90 Å². The van der Waals surface area contributed by atoms with Crippen LogP contribution in [0.4, 0.5) is 0 Å². The number of carbonyl (C=O) groups is 1. The molecular formula is C15H21ClN2O2. The first-order valence-electron chi connectivity index (χ1n) is 6.97. The van der Waals surface area contributed by atoms with Gasteiger partial charge in [0.15, 0.2) is 6.61 Å². The third-order valence-corrected chi connectivity index (χ3v) is 4.22. The summed E-state index contributed by atoms with van der Waals surface area (Å²) in [7, 11) is 0. The van der Waals surface area contributed by atoms with Crippen LogP contribution in [0.1, 0.15) is 18.4 Å². The van der Waals surface area contributed by atoms with Gasteiger partial charge in [0.2, 0.25) is 0 Å². The van der Waals surface area contributed by atoms with E-state index < -0.39 is 0 Å². The van der Waals surface area contributed by atoms with Crippen molar-refractivity contribution >= 4 is 17.5 Å². The van der Waals surface area contributed by atoms with Crippen molar-refractivity contribution < 1.29 is 9.53 Å². The second-order valence-corrected chi connectivity index (χ2v) is 5.67. The molecule has 0 aliphatic carbocycles. The predicted molar refractivity (Wildman–Crippen MR) is 80.0 cm³/mol. The Hall–Kier alpha value is -1.26. The van der Waals surface area contributed by atoms with Gasteiger partial charge in [0.1, 0.15) is 5.75 Å². The van der Waals surface area contributed by atoms with Crippen molar-refractivity contribution in [2.75, 3.05) is 26.2 Å². The molecule has 5 heteroatoms. The highest BCUT2D eigenvalue weighted by Crippen LogP contribution is 2.21. The Morgan fingerprint density at radius 2 is 2.15 bits per heavy atom. The second-order valence-electron chi connectivity index (χ2n) is 5.26. The van der Waals surface area contributed by atoms with E-state index in [-0.39, 0.29) is 12.5 Å². The number of hydrogen-bond donors (Lipinski definition) is 1. The number of benzene rings is 1. The Balaban J connectivity index is 1.81. The zero-order chi connectivity index (χ0) is 14.5. The molecule has 2 N–H and O–H groups in total. The molecule has 0 bridgehead atoms. The lowest BCUT2D eigenvalue weighted by atomic mass is 9.97. The molecule has 0 aromatic heterocycles. The summed E-state index contributed by atoms with van der Waals surface area (Å²) in [4.78, 5) is 13.9. The molecule has 0 unspecified atom stereocenters. The molecule has 0 radical (unpaired) electrons. The van der Waals surface area contributed by atoms with Crippen molar-refractivity contribution in [2.24, 2.45) is 11.7 Å². The van der Waals surface area contributed by atoms with E-state index in [9.17, 15) is 4.79 Å². The van der Waals surface area contributed by atoms with Crippen LogP contribution in [0.3, 0.4) is 0 Å². The summed E-state index contributed by atoms with van der Waals surface area (Å²) in [5.74, 6) is 1.27. The van der Waals surface area contributed by atoms with Crippen molar-refractivity contribution in [2.45, 2.75) is 19.8 Å². The van der Waals surface area contributed by atoms with Crippen LogP contribution in [-0.4, -0.2) is 37.0 Å². The van der Waals surface area contributed by atoms with Crippen LogP contribution in [0.2, 0.25) is 5.02 Å².